The summed E-state index contributed by atoms with van der Waals surface area (Å²) in [5.41, 5.74) is 5.50. The van der Waals surface area contributed by atoms with Crippen molar-refractivity contribution >= 4 is 11.7 Å². The zero-order valence-electron chi connectivity index (χ0n) is 11.3. The second kappa shape index (κ2) is 6.72. The third-order valence-corrected chi connectivity index (χ3v) is 2.59. The zero-order valence-corrected chi connectivity index (χ0v) is 11.3. The molecule has 0 saturated carbocycles. The number of nitrogens with two attached hydrogens (primary N) is 1. The highest BCUT2D eigenvalue weighted by Gasteiger charge is 2.26. The average Bonchev–Trinajstić information content (AvgIpc) is 2.74. The fourth-order valence-corrected chi connectivity index (χ4v) is 1.68. The second-order valence-corrected chi connectivity index (χ2v) is 4.52. The molecule has 0 saturated heterocycles. The monoisotopic (exact) mass is 269 g/mol. The number of nitrogens with one attached hydrogen (secondary N) is 1. The van der Waals surface area contributed by atoms with E-state index < -0.39 is 5.92 Å². The third kappa shape index (κ3) is 4.23. The molecule has 1 amide bonds. The SMILES string of the molecule is Cc1noc(CCNC(=O)C(C(N)=NO)C(C)C)n1. The Bertz CT molecular complexity index is 455. The van der Waals surface area contributed by atoms with Crippen molar-refractivity contribution in [1.82, 2.24) is 15.5 Å². The number of hydrogen-bond donors (Lipinski definition) is 3. The lowest BCUT2D eigenvalue weighted by molar-refractivity contribution is -0.124. The molecule has 0 radical (unpaired) electrons. The number of nitrogens with zero attached hydrogens (tertiary/aromatic N) is 3. The Morgan fingerprint density at radius 2 is 2.26 bits per heavy atom. The van der Waals surface area contributed by atoms with E-state index in [1.54, 1.807) is 6.92 Å². The fourth-order valence-electron chi connectivity index (χ4n) is 1.68. The lowest BCUT2D eigenvalue weighted by Gasteiger charge is -2.18. The highest BCUT2D eigenvalue weighted by Crippen LogP contribution is 2.11. The van der Waals surface area contributed by atoms with Crippen LogP contribution in [0.4, 0.5) is 0 Å². The molecule has 0 fully saturated rings. The van der Waals surface area contributed by atoms with Crippen molar-refractivity contribution in [2.45, 2.75) is 27.2 Å². The van der Waals surface area contributed by atoms with Crippen molar-refractivity contribution in [2.75, 3.05) is 6.54 Å². The summed E-state index contributed by atoms with van der Waals surface area (Å²) < 4.78 is 4.92. The predicted molar refractivity (Wildman–Crippen MR) is 67.5 cm³/mol. The molecule has 1 heterocycles. The molecular formula is C11H19N5O3. The van der Waals surface area contributed by atoms with Crippen molar-refractivity contribution in [3.8, 4) is 0 Å². The maximum absolute atomic E-state index is 11.9. The van der Waals surface area contributed by atoms with Gasteiger partial charge >= 0.3 is 0 Å². The van der Waals surface area contributed by atoms with Crippen molar-refractivity contribution in [2.24, 2.45) is 22.7 Å². The molecular weight excluding hydrogens is 250 g/mol. The van der Waals surface area contributed by atoms with Crippen LogP contribution in [0, 0.1) is 18.8 Å². The Balaban J connectivity index is 2.49. The van der Waals surface area contributed by atoms with Crippen molar-refractivity contribution in [3.05, 3.63) is 11.7 Å². The minimum Gasteiger partial charge on any atom is -0.409 e. The molecule has 0 aliphatic heterocycles. The summed E-state index contributed by atoms with van der Waals surface area (Å²) in [5.74, 6) is -0.0978. The molecule has 4 N–H and O–H groups in total. The van der Waals surface area contributed by atoms with E-state index in [1.807, 2.05) is 13.8 Å². The Morgan fingerprint density at radius 1 is 1.58 bits per heavy atom. The molecule has 106 valence electrons. The van der Waals surface area contributed by atoms with Crippen LogP contribution in [0.25, 0.3) is 0 Å². The van der Waals surface area contributed by atoms with Gasteiger partial charge in [0.1, 0.15) is 5.92 Å². The Labute approximate surface area is 111 Å². The Morgan fingerprint density at radius 3 is 2.74 bits per heavy atom. The summed E-state index contributed by atoms with van der Waals surface area (Å²) >= 11 is 0. The van der Waals surface area contributed by atoms with E-state index in [-0.39, 0.29) is 17.7 Å². The van der Waals surface area contributed by atoms with Gasteiger partial charge in [-0.15, -0.1) is 0 Å². The van der Waals surface area contributed by atoms with E-state index in [0.717, 1.165) is 0 Å². The smallest absolute Gasteiger partial charge is 0.231 e. The van der Waals surface area contributed by atoms with E-state index in [2.05, 4.69) is 20.6 Å². The number of rotatable bonds is 6. The molecule has 0 spiro atoms. The van der Waals surface area contributed by atoms with Crippen LogP contribution in [-0.2, 0) is 11.2 Å². The molecule has 1 aromatic rings. The predicted octanol–water partition coefficient (Wildman–Crippen LogP) is 0.0553. The van der Waals surface area contributed by atoms with Crippen LogP contribution < -0.4 is 11.1 Å². The van der Waals surface area contributed by atoms with Crippen LogP contribution in [0.5, 0.6) is 0 Å². The lowest BCUT2D eigenvalue weighted by Crippen LogP contribution is -2.42. The number of oxime groups is 1. The van der Waals surface area contributed by atoms with Crippen LogP contribution >= 0.6 is 0 Å². The van der Waals surface area contributed by atoms with Crippen LogP contribution in [0.2, 0.25) is 0 Å². The van der Waals surface area contributed by atoms with Crippen molar-refractivity contribution in [1.29, 1.82) is 0 Å². The summed E-state index contributed by atoms with van der Waals surface area (Å²) in [4.78, 5) is 16.0. The van der Waals surface area contributed by atoms with E-state index >= 15 is 0 Å². The van der Waals surface area contributed by atoms with Gasteiger partial charge in [0.25, 0.3) is 0 Å². The van der Waals surface area contributed by atoms with E-state index in [0.29, 0.717) is 24.7 Å². The van der Waals surface area contributed by atoms with Gasteiger partial charge in [-0.05, 0) is 12.8 Å². The van der Waals surface area contributed by atoms with Crippen LogP contribution in [-0.4, -0.2) is 33.6 Å². The van der Waals surface area contributed by atoms with E-state index in [4.69, 9.17) is 15.5 Å². The molecule has 0 bridgehead atoms. The second-order valence-electron chi connectivity index (χ2n) is 4.52. The molecule has 0 aliphatic carbocycles. The summed E-state index contributed by atoms with van der Waals surface area (Å²) in [5, 5.41) is 17.9. The van der Waals surface area contributed by atoms with Gasteiger partial charge in [0.2, 0.25) is 11.8 Å². The number of carbonyl (C=O) groups excluding carboxylic acids is 1. The molecule has 1 rings (SSSR count). The normalized spacial score (nSPS) is 13.6. The Kier molecular flexibility index (Phi) is 5.28. The van der Waals surface area contributed by atoms with Gasteiger partial charge in [0, 0.05) is 13.0 Å². The number of amides is 1. The van der Waals surface area contributed by atoms with Crippen LogP contribution in [0.1, 0.15) is 25.6 Å². The first kappa shape index (κ1) is 14.9. The topological polar surface area (TPSA) is 127 Å². The maximum atomic E-state index is 11.9. The zero-order chi connectivity index (χ0) is 14.4. The minimum absolute atomic E-state index is 0.0680. The summed E-state index contributed by atoms with van der Waals surface area (Å²) in [6.45, 7) is 5.72. The van der Waals surface area contributed by atoms with Gasteiger partial charge in [-0.2, -0.15) is 4.98 Å². The molecule has 8 heteroatoms. The quantitative estimate of drug-likeness (QED) is 0.290. The third-order valence-electron chi connectivity index (χ3n) is 2.59. The average molecular weight is 269 g/mol. The first-order chi connectivity index (χ1) is 8.95. The number of aromatic nitrogens is 2. The van der Waals surface area contributed by atoms with E-state index in [1.165, 1.54) is 0 Å². The molecule has 8 nitrogen and oxygen atoms in total. The van der Waals surface area contributed by atoms with Gasteiger partial charge in [-0.1, -0.05) is 24.2 Å². The first-order valence-electron chi connectivity index (χ1n) is 6.00. The first-order valence-corrected chi connectivity index (χ1v) is 6.00. The molecule has 0 aliphatic rings. The Hall–Kier alpha value is -2.12. The fraction of sp³-hybridized carbons (Fsp3) is 0.636. The maximum Gasteiger partial charge on any atom is 0.231 e. The number of carbonyl (C=O) groups is 1. The molecule has 19 heavy (non-hydrogen) atoms. The highest BCUT2D eigenvalue weighted by molar-refractivity contribution is 6.02. The number of aryl methyl sites for hydroxylation is 1. The summed E-state index contributed by atoms with van der Waals surface area (Å²) in [7, 11) is 0. The van der Waals surface area contributed by atoms with Gasteiger partial charge in [-0.25, -0.2) is 0 Å². The van der Waals surface area contributed by atoms with Gasteiger partial charge < -0.3 is 20.8 Å². The molecule has 1 unspecified atom stereocenters. The highest BCUT2D eigenvalue weighted by atomic mass is 16.5. The largest absolute Gasteiger partial charge is 0.409 e. The van der Waals surface area contributed by atoms with Crippen LogP contribution in [0.15, 0.2) is 9.68 Å². The van der Waals surface area contributed by atoms with Crippen LogP contribution in [0.3, 0.4) is 0 Å². The van der Waals surface area contributed by atoms with Gasteiger partial charge in [0.05, 0.1) is 0 Å². The number of amidine groups is 1. The van der Waals surface area contributed by atoms with Crippen molar-refractivity contribution < 1.29 is 14.5 Å². The van der Waals surface area contributed by atoms with E-state index in [9.17, 15) is 4.79 Å². The van der Waals surface area contributed by atoms with Gasteiger partial charge in [0.15, 0.2) is 11.7 Å². The van der Waals surface area contributed by atoms with Crippen molar-refractivity contribution in [3.63, 3.8) is 0 Å². The standard InChI is InChI=1S/C11H19N5O3/c1-6(2)9(10(12)15-18)11(17)13-5-4-8-14-7(3)16-19-8/h6,9,18H,4-5H2,1-3H3,(H2,12,15)(H,13,17). The summed E-state index contributed by atoms with van der Waals surface area (Å²) in [6.07, 6.45) is 0.438. The van der Waals surface area contributed by atoms with Gasteiger partial charge in [-0.3, -0.25) is 4.79 Å². The molecule has 1 atom stereocenters. The molecule has 0 aromatic carbocycles. The summed E-state index contributed by atoms with van der Waals surface area (Å²) in [6, 6.07) is 0. The number of hydrogen-bond acceptors (Lipinski definition) is 6. The minimum atomic E-state index is -0.658. The lowest BCUT2D eigenvalue weighted by atomic mass is 9.94. The molecule has 1 aromatic heterocycles.